The van der Waals surface area contributed by atoms with Gasteiger partial charge in [-0.2, -0.15) is 0 Å². The van der Waals surface area contributed by atoms with Gasteiger partial charge in [-0.3, -0.25) is 4.79 Å². The van der Waals surface area contributed by atoms with E-state index in [0.29, 0.717) is 12.1 Å². The molecule has 2 N–H and O–H groups in total. The van der Waals surface area contributed by atoms with E-state index < -0.39 is 0 Å². The van der Waals surface area contributed by atoms with Gasteiger partial charge in [-0.15, -0.1) is 0 Å². The smallest absolute Gasteiger partial charge is 0.221 e. The van der Waals surface area contributed by atoms with Crippen molar-refractivity contribution in [2.24, 2.45) is 0 Å². The molecule has 0 aliphatic carbocycles. The highest BCUT2D eigenvalue weighted by atomic mass is 16.5. The third-order valence-corrected chi connectivity index (χ3v) is 4.02. The van der Waals surface area contributed by atoms with Crippen molar-refractivity contribution in [3.63, 3.8) is 0 Å². The number of carbonyl (C=O) groups excluding carboxylic acids is 1. The van der Waals surface area contributed by atoms with Crippen LogP contribution in [0.4, 0.5) is 5.69 Å². The quantitative estimate of drug-likeness (QED) is 0.845. The Hall–Kier alpha value is -1.39. The van der Waals surface area contributed by atoms with E-state index in [4.69, 9.17) is 4.74 Å². The fourth-order valence-electron chi connectivity index (χ4n) is 2.91. The molecule has 1 aromatic carbocycles. The van der Waals surface area contributed by atoms with Crippen LogP contribution in [0.1, 0.15) is 51.6 Å². The van der Waals surface area contributed by atoms with Crippen molar-refractivity contribution in [3.05, 3.63) is 29.8 Å². The van der Waals surface area contributed by atoms with Crippen LogP contribution in [0.2, 0.25) is 0 Å². The zero-order chi connectivity index (χ0) is 15.2. The largest absolute Gasteiger partial charge is 0.377 e. The highest BCUT2D eigenvalue weighted by molar-refractivity contribution is 5.88. The third-order valence-electron chi connectivity index (χ3n) is 4.02. The average molecular weight is 290 g/mol. The summed E-state index contributed by atoms with van der Waals surface area (Å²) in [5.41, 5.74) is 2.02. The summed E-state index contributed by atoms with van der Waals surface area (Å²) in [6.07, 6.45) is 3.69. The maximum Gasteiger partial charge on any atom is 0.221 e. The molecule has 1 amide bonds. The second-order valence-corrected chi connectivity index (χ2v) is 5.76. The van der Waals surface area contributed by atoms with E-state index in [9.17, 15) is 4.79 Å². The molecule has 1 aromatic rings. The summed E-state index contributed by atoms with van der Waals surface area (Å²) in [4.78, 5) is 11.1. The molecule has 0 radical (unpaired) electrons. The van der Waals surface area contributed by atoms with Crippen LogP contribution in [0.5, 0.6) is 0 Å². The molecule has 0 saturated carbocycles. The van der Waals surface area contributed by atoms with Gasteiger partial charge in [-0.1, -0.05) is 19.1 Å². The van der Waals surface area contributed by atoms with Crippen LogP contribution in [0.15, 0.2) is 24.3 Å². The highest BCUT2D eigenvalue weighted by Gasteiger charge is 2.25. The van der Waals surface area contributed by atoms with Gasteiger partial charge < -0.3 is 15.4 Å². The van der Waals surface area contributed by atoms with Gasteiger partial charge in [-0.05, 0) is 43.9 Å². The second kappa shape index (κ2) is 7.57. The molecule has 1 saturated heterocycles. The van der Waals surface area contributed by atoms with E-state index in [1.165, 1.54) is 12.5 Å². The minimum absolute atomic E-state index is 0.0430. The van der Waals surface area contributed by atoms with Crippen LogP contribution < -0.4 is 10.6 Å². The number of rotatable bonds is 6. The predicted octanol–water partition coefficient (Wildman–Crippen LogP) is 3.25. The summed E-state index contributed by atoms with van der Waals surface area (Å²) in [7, 11) is 0. The fourth-order valence-corrected chi connectivity index (χ4v) is 2.91. The molecule has 4 nitrogen and oxygen atoms in total. The SMILES string of the molecule is CC[C@H](N[C@@H](C)c1cccc(NC(C)=O)c1)[C@@H]1CCCO1. The van der Waals surface area contributed by atoms with Crippen LogP contribution >= 0.6 is 0 Å². The Morgan fingerprint density at radius 2 is 2.29 bits per heavy atom. The van der Waals surface area contributed by atoms with Crippen molar-refractivity contribution in [2.45, 2.75) is 58.2 Å². The Labute approximate surface area is 127 Å². The normalized spacial score (nSPS) is 21.0. The molecule has 0 unspecified atom stereocenters. The van der Waals surface area contributed by atoms with Crippen molar-refractivity contribution in [1.29, 1.82) is 0 Å². The van der Waals surface area contributed by atoms with Crippen molar-refractivity contribution in [1.82, 2.24) is 5.32 Å². The lowest BCUT2D eigenvalue weighted by atomic mass is 10.0. The minimum atomic E-state index is -0.0430. The predicted molar refractivity (Wildman–Crippen MR) is 85.3 cm³/mol. The monoisotopic (exact) mass is 290 g/mol. The summed E-state index contributed by atoms with van der Waals surface area (Å²) in [5.74, 6) is -0.0430. The number of hydrogen-bond acceptors (Lipinski definition) is 3. The van der Waals surface area contributed by atoms with Gasteiger partial charge in [-0.25, -0.2) is 0 Å². The Kier molecular flexibility index (Phi) is 5.76. The van der Waals surface area contributed by atoms with Crippen LogP contribution in [0, 0.1) is 0 Å². The standard InChI is InChI=1S/C17H26N2O2/c1-4-16(17-9-6-10-21-17)18-12(2)14-7-5-8-15(11-14)19-13(3)20/h5,7-8,11-12,16-18H,4,6,9-10H2,1-3H3,(H,19,20)/t12-,16-,17-/m0/s1. The summed E-state index contributed by atoms with van der Waals surface area (Å²) >= 11 is 0. The van der Waals surface area contributed by atoms with E-state index in [2.05, 4.69) is 30.5 Å². The number of amides is 1. The third kappa shape index (κ3) is 4.55. The van der Waals surface area contributed by atoms with E-state index in [1.54, 1.807) is 0 Å². The summed E-state index contributed by atoms with van der Waals surface area (Å²) in [6, 6.07) is 8.62. The molecule has 0 aromatic heterocycles. The Morgan fingerprint density at radius 1 is 1.48 bits per heavy atom. The first kappa shape index (κ1) is 16.0. The Balaban J connectivity index is 2.01. The molecule has 21 heavy (non-hydrogen) atoms. The van der Waals surface area contributed by atoms with E-state index in [1.807, 2.05) is 18.2 Å². The van der Waals surface area contributed by atoms with E-state index in [0.717, 1.165) is 31.6 Å². The van der Waals surface area contributed by atoms with Gasteiger partial charge >= 0.3 is 0 Å². The zero-order valence-electron chi connectivity index (χ0n) is 13.2. The van der Waals surface area contributed by atoms with Crippen LogP contribution in [0.25, 0.3) is 0 Å². The molecular weight excluding hydrogens is 264 g/mol. The lowest BCUT2D eigenvalue weighted by Crippen LogP contribution is -2.40. The van der Waals surface area contributed by atoms with Crippen LogP contribution in [-0.4, -0.2) is 24.7 Å². The number of carbonyl (C=O) groups is 1. The molecule has 1 fully saturated rings. The Morgan fingerprint density at radius 3 is 2.90 bits per heavy atom. The van der Waals surface area contributed by atoms with Crippen molar-refractivity contribution < 1.29 is 9.53 Å². The van der Waals surface area contributed by atoms with E-state index >= 15 is 0 Å². The molecular formula is C17H26N2O2. The number of benzene rings is 1. The maximum absolute atomic E-state index is 11.1. The number of anilines is 1. The highest BCUT2D eigenvalue weighted by Crippen LogP contribution is 2.22. The summed E-state index contributed by atoms with van der Waals surface area (Å²) < 4.78 is 5.80. The topological polar surface area (TPSA) is 50.4 Å². The molecule has 1 aliphatic heterocycles. The fraction of sp³-hybridized carbons (Fsp3) is 0.588. The van der Waals surface area contributed by atoms with Crippen molar-refractivity contribution in [2.75, 3.05) is 11.9 Å². The number of nitrogens with one attached hydrogen (secondary N) is 2. The summed E-state index contributed by atoms with van der Waals surface area (Å²) in [6.45, 7) is 6.76. The lowest BCUT2D eigenvalue weighted by Gasteiger charge is -2.27. The van der Waals surface area contributed by atoms with Gasteiger partial charge in [0.15, 0.2) is 0 Å². The molecule has 3 atom stereocenters. The zero-order valence-corrected chi connectivity index (χ0v) is 13.2. The van der Waals surface area contributed by atoms with Gasteiger partial charge in [0, 0.05) is 31.3 Å². The number of hydrogen-bond donors (Lipinski definition) is 2. The first-order chi connectivity index (χ1) is 10.1. The van der Waals surface area contributed by atoms with Crippen molar-refractivity contribution >= 4 is 11.6 Å². The van der Waals surface area contributed by atoms with Gasteiger partial charge in [0.05, 0.1) is 6.10 Å². The number of ether oxygens (including phenoxy) is 1. The van der Waals surface area contributed by atoms with Crippen molar-refractivity contribution in [3.8, 4) is 0 Å². The molecule has 1 heterocycles. The van der Waals surface area contributed by atoms with E-state index in [-0.39, 0.29) is 11.9 Å². The van der Waals surface area contributed by atoms with Gasteiger partial charge in [0.2, 0.25) is 5.91 Å². The van der Waals surface area contributed by atoms with Crippen LogP contribution in [0.3, 0.4) is 0 Å². The maximum atomic E-state index is 11.1. The minimum Gasteiger partial charge on any atom is -0.377 e. The Bertz CT molecular complexity index is 470. The molecule has 4 heteroatoms. The molecule has 116 valence electrons. The first-order valence-electron chi connectivity index (χ1n) is 7.85. The van der Waals surface area contributed by atoms with Crippen LogP contribution in [-0.2, 0) is 9.53 Å². The molecule has 1 aliphatic rings. The first-order valence-corrected chi connectivity index (χ1v) is 7.85. The molecule has 0 spiro atoms. The molecule has 2 rings (SSSR count). The molecule has 0 bridgehead atoms. The van der Waals surface area contributed by atoms with Gasteiger partial charge in [0.1, 0.15) is 0 Å². The second-order valence-electron chi connectivity index (χ2n) is 5.76. The lowest BCUT2D eigenvalue weighted by molar-refractivity contribution is -0.114. The van der Waals surface area contributed by atoms with Gasteiger partial charge in [0.25, 0.3) is 0 Å². The average Bonchev–Trinajstić information content (AvgIpc) is 2.98. The summed E-state index contributed by atoms with van der Waals surface area (Å²) in [5, 5.41) is 6.50.